The Morgan fingerprint density at radius 1 is 1.30 bits per heavy atom. The van der Waals surface area contributed by atoms with Crippen molar-refractivity contribution in [3.05, 3.63) is 75.7 Å². The Morgan fingerprint density at radius 3 is 2.74 bits per heavy atom. The van der Waals surface area contributed by atoms with E-state index < -0.39 is 6.03 Å². The molecule has 2 heterocycles. The van der Waals surface area contributed by atoms with E-state index in [0.717, 1.165) is 11.1 Å². The first-order valence-electron chi connectivity index (χ1n) is 8.33. The van der Waals surface area contributed by atoms with Crippen molar-refractivity contribution in [1.29, 1.82) is 0 Å². The highest BCUT2D eigenvalue weighted by Gasteiger charge is 2.16. The van der Waals surface area contributed by atoms with E-state index >= 15 is 0 Å². The van der Waals surface area contributed by atoms with E-state index in [2.05, 4.69) is 15.5 Å². The molecule has 0 aliphatic rings. The Kier molecular flexibility index (Phi) is 5.16. The first-order valence-corrected chi connectivity index (χ1v) is 8.33. The molecule has 27 heavy (non-hydrogen) atoms. The second kappa shape index (κ2) is 7.69. The number of fused-ring (bicyclic) bond motifs is 1. The molecule has 3 rings (SSSR count). The number of benzene rings is 1. The number of hydrogen-bond acceptors (Lipinski definition) is 5. The van der Waals surface area contributed by atoms with Gasteiger partial charge < -0.3 is 10.6 Å². The predicted molar refractivity (Wildman–Crippen MR) is 105 cm³/mol. The van der Waals surface area contributed by atoms with Crippen molar-refractivity contribution in [3.63, 3.8) is 0 Å². The molecular weight excluding hydrogens is 344 g/mol. The van der Waals surface area contributed by atoms with Crippen LogP contribution in [0.2, 0.25) is 0 Å². The first kappa shape index (κ1) is 18.1. The molecule has 2 amide bonds. The van der Waals surface area contributed by atoms with Crippen LogP contribution in [0.15, 0.2) is 58.6 Å². The summed E-state index contributed by atoms with van der Waals surface area (Å²) in [5, 5.41) is 3.75. The molecule has 1 aromatic carbocycles. The number of rotatable bonds is 5. The third-order valence-corrected chi connectivity index (χ3v) is 4.06. The zero-order valence-electron chi connectivity index (χ0n) is 15.1. The van der Waals surface area contributed by atoms with Crippen LogP contribution in [0.5, 0.6) is 0 Å². The van der Waals surface area contributed by atoms with Gasteiger partial charge in [-0.2, -0.15) is 5.10 Å². The Hall–Kier alpha value is -3.68. The molecule has 0 radical (unpaired) electrons. The summed E-state index contributed by atoms with van der Waals surface area (Å²) in [5.41, 5.74) is 9.63. The maximum Gasteiger partial charge on any atom is 0.332 e. The Balaban J connectivity index is 2.12. The first-order chi connectivity index (χ1) is 13.0. The summed E-state index contributed by atoms with van der Waals surface area (Å²) >= 11 is 0. The Labute approximate surface area is 155 Å². The second-order valence-electron chi connectivity index (χ2n) is 6.11. The summed E-state index contributed by atoms with van der Waals surface area (Å²) in [4.78, 5) is 30.4. The number of primary amides is 1. The third kappa shape index (κ3) is 3.95. The standard InChI is InChI=1S/C19H20N6O2/c1-13-7-6-10-25-16(13)22-17(15(18(25)26)11-21-23-19(20)27)24(2)12-14-8-4-3-5-9-14/h3-11H,12H2,1-2H3,(H3,20,23,27)/b21-11-. The van der Waals surface area contributed by atoms with Crippen molar-refractivity contribution in [2.24, 2.45) is 10.8 Å². The number of carbonyl (C=O) groups excluding carboxylic acids is 1. The molecule has 8 heteroatoms. The van der Waals surface area contributed by atoms with E-state index in [1.165, 1.54) is 10.6 Å². The van der Waals surface area contributed by atoms with Crippen LogP contribution < -0.4 is 21.6 Å². The normalized spacial score (nSPS) is 11.0. The number of pyridine rings is 1. The van der Waals surface area contributed by atoms with E-state index in [4.69, 9.17) is 5.73 Å². The summed E-state index contributed by atoms with van der Waals surface area (Å²) in [6, 6.07) is 12.7. The van der Waals surface area contributed by atoms with Crippen molar-refractivity contribution >= 4 is 23.7 Å². The number of hydrogen-bond donors (Lipinski definition) is 2. The summed E-state index contributed by atoms with van der Waals surface area (Å²) in [5.74, 6) is 0.466. The van der Waals surface area contributed by atoms with Crippen LogP contribution in [0.4, 0.5) is 10.6 Å². The van der Waals surface area contributed by atoms with Gasteiger partial charge in [-0.1, -0.05) is 36.4 Å². The summed E-state index contributed by atoms with van der Waals surface area (Å²) in [7, 11) is 1.85. The Morgan fingerprint density at radius 2 is 2.04 bits per heavy atom. The maximum atomic E-state index is 13.0. The maximum absolute atomic E-state index is 13.0. The van der Waals surface area contributed by atoms with Crippen molar-refractivity contribution in [2.45, 2.75) is 13.5 Å². The predicted octanol–water partition coefficient (Wildman–Crippen LogP) is 1.64. The van der Waals surface area contributed by atoms with Crippen LogP contribution >= 0.6 is 0 Å². The van der Waals surface area contributed by atoms with Crippen molar-refractivity contribution in [3.8, 4) is 0 Å². The molecule has 0 unspecified atom stereocenters. The molecule has 2 aromatic heterocycles. The average molecular weight is 364 g/mol. The molecule has 8 nitrogen and oxygen atoms in total. The van der Waals surface area contributed by atoms with Gasteiger partial charge in [-0.15, -0.1) is 0 Å². The molecule has 3 aromatic rings. The van der Waals surface area contributed by atoms with Gasteiger partial charge in [-0.05, 0) is 24.1 Å². The lowest BCUT2D eigenvalue weighted by atomic mass is 10.2. The number of anilines is 1. The minimum absolute atomic E-state index is 0.255. The fourth-order valence-corrected chi connectivity index (χ4v) is 2.80. The molecule has 3 N–H and O–H groups in total. The van der Waals surface area contributed by atoms with Gasteiger partial charge in [-0.3, -0.25) is 9.20 Å². The van der Waals surface area contributed by atoms with Gasteiger partial charge in [0.15, 0.2) is 0 Å². The molecule has 0 aliphatic carbocycles. The number of nitrogens with one attached hydrogen (secondary N) is 1. The van der Waals surface area contributed by atoms with Gasteiger partial charge in [0.2, 0.25) is 0 Å². The number of urea groups is 1. The molecule has 0 saturated heterocycles. The van der Waals surface area contributed by atoms with Gasteiger partial charge in [0.25, 0.3) is 5.56 Å². The van der Waals surface area contributed by atoms with Crippen LogP contribution in [0.25, 0.3) is 5.65 Å². The average Bonchev–Trinajstić information content (AvgIpc) is 2.64. The van der Waals surface area contributed by atoms with Gasteiger partial charge in [0, 0.05) is 19.8 Å². The van der Waals surface area contributed by atoms with E-state index in [1.54, 1.807) is 12.3 Å². The zero-order chi connectivity index (χ0) is 19.4. The number of aromatic nitrogens is 2. The van der Waals surface area contributed by atoms with Crippen LogP contribution in [0.1, 0.15) is 16.7 Å². The summed E-state index contributed by atoms with van der Waals surface area (Å²) < 4.78 is 1.46. The van der Waals surface area contributed by atoms with E-state index in [0.29, 0.717) is 18.0 Å². The van der Waals surface area contributed by atoms with E-state index in [9.17, 15) is 9.59 Å². The topological polar surface area (TPSA) is 105 Å². The molecule has 0 fully saturated rings. The fourth-order valence-electron chi connectivity index (χ4n) is 2.80. The largest absolute Gasteiger partial charge is 0.355 e. The number of carbonyl (C=O) groups is 1. The number of amides is 2. The second-order valence-corrected chi connectivity index (χ2v) is 6.11. The molecule has 0 atom stereocenters. The lowest BCUT2D eigenvalue weighted by molar-refractivity contribution is 0.249. The van der Waals surface area contributed by atoms with Crippen molar-refractivity contribution < 1.29 is 4.79 Å². The fraction of sp³-hybridized carbons (Fsp3) is 0.158. The summed E-state index contributed by atoms with van der Waals surface area (Å²) in [6.45, 7) is 2.45. The van der Waals surface area contributed by atoms with Crippen LogP contribution in [-0.2, 0) is 6.54 Å². The van der Waals surface area contributed by atoms with Gasteiger partial charge in [0.1, 0.15) is 17.0 Å². The SMILES string of the molecule is Cc1cccn2c(=O)c(/C=N\NC(N)=O)c(N(C)Cc3ccccc3)nc12. The molecule has 0 aliphatic heterocycles. The quantitative estimate of drug-likeness (QED) is 0.530. The van der Waals surface area contributed by atoms with E-state index in [1.807, 2.05) is 55.3 Å². The van der Waals surface area contributed by atoms with Crippen molar-refractivity contribution in [2.75, 3.05) is 11.9 Å². The highest BCUT2D eigenvalue weighted by Crippen LogP contribution is 2.17. The van der Waals surface area contributed by atoms with Gasteiger partial charge in [0.05, 0.1) is 6.21 Å². The van der Waals surface area contributed by atoms with Crippen LogP contribution in [-0.4, -0.2) is 28.7 Å². The van der Waals surface area contributed by atoms with Crippen LogP contribution in [0, 0.1) is 6.92 Å². The number of hydrazone groups is 1. The third-order valence-electron chi connectivity index (χ3n) is 4.06. The van der Waals surface area contributed by atoms with Gasteiger partial charge >= 0.3 is 6.03 Å². The molecule has 138 valence electrons. The lowest BCUT2D eigenvalue weighted by Crippen LogP contribution is -2.29. The number of nitrogens with two attached hydrogens (primary N) is 1. The molecular formula is C19H20N6O2. The van der Waals surface area contributed by atoms with Crippen molar-refractivity contribution in [1.82, 2.24) is 14.8 Å². The minimum atomic E-state index is -0.810. The summed E-state index contributed by atoms with van der Waals surface area (Å²) in [6.07, 6.45) is 2.92. The molecule has 0 bridgehead atoms. The zero-order valence-corrected chi connectivity index (χ0v) is 15.1. The molecule has 0 saturated carbocycles. The smallest absolute Gasteiger partial charge is 0.332 e. The van der Waals surface area contributed by atoms with Gasteiger partial charge in [-0.25, -0.2) is 15.2 Å². The number of nitrogens with zero attached hydrogens (tertiary/aromatic N) is 4. The van der Waals surface area contributed by atoms with E-state index in [-0.39, 0.29) is 11.1 Å². The molecule has 0 spiro atoms. The Bertz CT molecular complexity index is 1060. The monoisotopic (exact) mass is 364 g/mol. The van der Waals surface area contributed by atoms with Crippen LogP contribution in [0.3, 0.4) is 0 Å². The minimum Gasteiger partial charge on any atom is -0.355 e. The highest BCUT2D eigenvalue weighted by atomic mass is 16.2. The lowest BCUT2D eigenvalue weighted by Gasteiger charge is -2.21. The highest BCUT2D eigenvalue weighted by molar-refractivity contribution is 5.87. The number of aryl methyl sites for hydroxylation is 1.